The Bertz CT molecular complexity index is 570. The molecule has 1 unspecified atom stereocenters. The van der Waals surface area contributed by atoms with Crippen molar-refractivity contribution in [3.05, 3.63) is 0 Å². The van der Waals surface area contributed by atoms with Gasteiger partial charge in [-0.25, -0.2) is 0 Å². The quantitative estimate of drug-likeness (QED) is 0.0640. The van der Waals surface area contributed by atoms with Crippen molar-refractivity contribution in [1.29, 1.82) is 0 Å². The lowest BCUT2D eigenvalue weighted by Crippen LogP contribution is -2.28. The van der Waals surface area contributed by atoms with Gasteiger partial charge >= 0.3 is 11.9 Å². The summed E-state index contributed by atoms with van der Waals surface area (Å²) in [6, 6.07) is 0. The molecule has 6 nitrogen and oxygen atoms in total. The van der Waals surface area contributed by atoms with Crippen LogP contribution in [0.2, 0.25) is 0 Å². The second-order valence-corrected chi connectivity index (χ2v) is 12.0. The second kappa shape index (κ2) is 29.4. The Morgan fingerprint density at radius 2 is 1.05 bits per heavy atom. The highest BCUT2D eigenvalue weighted by Gasteiger charge is 2.19. The Labute approximate surface area is 249 Å². The van der Waals surface area contributed by atoms with Gasteiger partial charge in [0.15, 0.2) is 0 Å². The molecule has 0 rings (SSSR count). The molecule has 0 radical (unpaired) electrons. The van der Waals surface area contributed by atoms with Gasteiger partial charge in [0.25, 0.3) is 0 Å². The number of hydrogen-bond acceptors (Lipinski definition) is 6. The van der Waals surface area contributed by atoms with Crippen molar-refractivity contribution in [3.8, 4) is 0 Å². The van der Waals surface area contributed by atoms with Gasteiger partial charge in [0.1, 0.15) is 0 Å². The van der Waals surface area contributed by atoms with E-state index in [9.17, 15) is 9.59 Å². The van der Waals surface area contributed by atoms with Crippen molar-refractivity contribution in [3.63, 3.8) is 0 Å². The minimum atomic E-state index is -0.0848. The van der Waals surface area contributed by atoms with Gasteiger partial charge in [0.05, 0.1) is 25.6 Å². The molecule has 0 amide bonds. The summed E-state index contributed by atoms with van der Waals surface area (Å²) in [7, 11) is 3.95. The molecule has 0 heterocycles. The highest BCUT2D eigenvalue weighted by Crippen LogP contribution is 2.19. The van der Waals surface area contributed by atoms with E-state index in [1.165, 1.54) is 70.6 Å². The zero-order chi connectivity index (χ0) is 29.7. The Morgan fingerprint density at radius 1 is 0.550 bits per heavy atom. The number of ether oxygens (including phenoxy) is 2. The van der Waals surface area contributed by atoms with Crippen LogP contribution in [-0.2, 0) is 19.1 Å². The van der Waals surface area contributed by atoms with Crippen molar-refractivity contribution < 1.29 is 19.1 Å². The topological polar surface area (TPSA) is 59.1 Å². The van der Waals surface area contributed by atoms with Gasteiger partial charge in [-0.1, -0.05) is 104 Å². The van der Waals surface area contributed by atoms with Crippen LogP contribution in [0.25, 0.3) is 0 Å². The molecule has 0 fully saturated rings. The van der Waals surface area contributed by atoms with Crippen LogP contribution in [-0.4, -0.2) is 75.2 Å². The first-order valence-electron chi connectivity index (χ1n) is 17.1. The molecule has 0 spiro atoms. The molecule has 6 heteroatoms. The van der Waals surface area contributed by atoms with Crippen molar-refractivity contribution >= 4 is 11.9 Å². The normalized spacial score (nSPS) is 12.3. The van der Waals surface area contributed by atoms with Gasteiger partial charge in [-0.05, 0) is 65.7 Å². The highest BCUT2D eigenvalue weighted by molar-refractivity contribution is 5.72. The lowest BCUT2D eigenvalue weighted by molar-refractivity contribution is -0.149. The van der Waals surface area contributed by atoms with E-state index in [1.807, 2.05) is 19.0 Å². The van der Waals surface area contributed by atoms with Crippen LogP contribution in [0.15, 0.2) is 0 Å². The monoisotopic (exact) mass is 569 g/mol. The van der Waals surface area contributed by atoms with E-state index < -0.39 is 0 Å². The highest BCUT2D eigenvalue weighted by atomic mass is 16.5. The summed E-state index contributed by atoms with van der Waals surface area (Å²) < 4.78 is 11.1. The summed E-state index contributed by atoms with van der Waals surface area (Å²) in [6.07, 6.45) is 22.7. The van der Waals surface area contributed by atoms with E-state index >= 15 is 0 Å². The zero-order valence-electron chi connectivity index (χ0n) is 27.5. The molecule has 0 N–H and O–H groups in total. The van der Waals surface area contributed by atoms with Gasteiger partial charge in [0, 0.05) is 13.1 Å². The average Bonchev–Trinajstić information content (AvgIpc) is 2.94. The molecule has 0 saturated carbocycles. The molecule has 0 aromatic heterocycles. The van der Waals surface area contributed by atoms with E-state index in [1.54, 1.807) is 0 Å². The molecule has 40 heavy (non-hydrogen) atoms. The van der Waals surface area contributed by atoms with Crippen molar-refractivity contribution in [2.24, 2.45) is 5.92 Å². The molecular weight excluding hydrogens is 500 g/mol. The minimum absolute atomic E-state index is 0.0518. The van der Waals surface area contributed by atoms with Crippen LogP contribution < -0.4 is 0 Å². The number of carbonyl (C=O) groups excluding carboxylic acids is 2. The van der Waals surface area contributed by atoms with Crippen molar-refractivity contribution in [2.75, 3.05) is 53.5 Å². The molecule has 0 aliphatic carbocycles. The van der Waals surface area contributed by atoms with Gasteiger partial charge in [-0.3, -0.25) is 9.59 Å². The van der Waals surface area contributed by atoms with E-state index in [2.05, 4.69) is 25.7 Å². The molecule has 0 bridgehead atoms. The standard InChI is InChI=1S/C34H68N2O4/c1-6-9-12-18-24-32(23-11-8-3)34(38)40-30-21-17-15-13-14-16-20-27-36(26-19-10-7-2)28-22-31-39-33(37)25-29-35(4)5/h32H,6-31H2,1-5H3. The average molecular weight is 569 g/mol. The van der Waals surface area contributed by atoms with Crippen LogP contribution in [0.1, 0.15) is 149 Å². The lowest BCUT2D eigenvalue weighted by Gasteiger charge is -2.22. The molecule has 1 atom stereocenters. The third-order valence-corrected chi connectivity index (χ3v) is 7.73. The minimum Gasteiger partial charge on any atom is -0.466 e. The summed E-state index contributed by atoms with van der Waals surface area (Å²) in [5, 5.41) is 0. The first-order chi connectivity index (χ1) is 19.4. The van der Waals surface area contributed by atoms with Crippen LogP contribution in [0.3, 0.4) is 0 Å². The van der Waals surface area contributed by atoms with Gasteiger partial charge in [-0.15, -0.1) is 0 Å². The van der Waals surface area contributed by atoms with E-state index in [0.29, 0.717) is 19.6 Å². The molecular formula is C34H68N2O4. The Morgan fingerprint density at radius 3 is 1.70 bits per heavy atom. The third-order valence-electron chi connectivity index (χ3n) is 7.73. The number of rotatable bonds is 30. The third kappa shape index (κ3) is 25.8. The molecule has 0 aromatic carbocycles. The Kier molecular flexibility index (Phi) is 28.5. The molecule has 0 aliphatic heterocycles. The summed E-state index contributed by atoms with van der Waals surface area (Å²) >= 11 is 0. The number of carbonyl (C=O) groups is 2. The molecule has 238 valence electrons. The van der Waals surface area contributed by atoms with Crippen LogP contribution >= 0.6 is 0 Å². The smallest absolute Gasteiger partial charge is 0.308 e. The maximum absolute atomic E-state index is 12.6. The summed E-state index contributed by atoms with van der Waals surface area (Å²) in [6.45, 7) is 11.9. The predicted molar refractivity (Wildman–Crippen MR) is 170 cm³/mol. The number of unbranched alkanes of at least 4 members (excludes halogenated alkanes) is 12. The summed E-state index contributed by atoms with van der Waals surface area (Å²) in [5.74, 6) is 0.0794. The number of nitrogens with zero attached hydrogens (tertiary/aromatic N) is 2. The van der Waals surface area contributed by atoms with Crippen molar-refractivity contribution in [1.82, 2.24) is 9.80 Å². The van der Waals surface area contributed by atoms with Crippen LogP contribution in [0.4, 0.5) is 0 Å². The van der Waals surface area contributed by atoms with Gasteiger partial charge < -0.3 is 19.3 Å². The van der Waals surface area contributed by atoms with Crippen molar-refractivity contribution in [2.45, 2.75) is 149 Å². The second-order valence-electron chi connectivity index (χ2n) is 12.0. The Hall–Kier alpha value is -1.14. The zero-order valence-corrected chi connectivity index (χ0v) is 27.5. The Balaban J connectivity index is 3.95. The van der Waals surface area contributed by atoms with E-state index in [4.69, 9.17) is 9.47 Å². The first kappa shape index (κ1) is 38.9. The SMILES string of the molecule is CCCCCCC(CCCC)C(=O)OCCCCCCCCCN(CCCCC)CCCOC(=O)CCN(C)C. The number of hydrogen-bond donors (Lipinski definition) is 0. The fourth-order valence-corrected chi connectivity index (χ4v) is 5.04. The maximum atomic E-state index is 12.6. The summed E-state index contributed by atoms with van der Waals surface area (Å²) in [5.41, 5.74) is 0. The lowest BCUT2D eigenvalue weighted by atomic mass is 9.95. The summed E-state index contributed by atoms with van der Waals surface area (Å²) in [4.78, 5) is 29.0. The largest absolute Gasteiger partial charge is 0.466 e. The van der Waals surface area contributed by atoms with Crippen LogP contribution in [0, 0.1) is 5.92 Å². The number of esters is 2. The van der Waals surface area contributed by atoms with Crippen LogP contribution in [0.5, 0.6) is 0 Å². The molecule has 0 saturated heterocycles. The van der Waals surface area contributed by atoms with E-state index in [-0.39, 0.29) is 17.9 Å². The fourth-order valence-electron chi connectivity index (χ4n) is 5.04. The van der Waals surface area contributed by atoms with Gasteiger partial charge in [0.2, 0.25) is 0 Å². The molecule has 0 aromatic rings. The molecule has 0 aliphatic rings. The first-order valence-corrected chi connectivity index (χ1v) is 17.1. The fraction of sp³-hybridized carbons (Fsp3) is 0.941. The van der Waals surface area contributed by atoms with E-state index in [0.717, 1.165) is 77.5 Å². The predicted octanol–water partition coefficient (Wildman–Crippen LogP) is 8.41. The maximum Gasteiger partial charge on any atom is 0.308 e. The van der Waals surface area contributed by atoms with Gasteiger partial charge in [-0.2, -0.15) is 0 Å².